The van der Waals surface area contributed by atoms with Crippen LogP contribution in [-0.4, -0.2) is 44.5 Å². The van der Waals surface area contributed by atoms with Crippen molar-refractivity contribution in [1.82, 2.24) is 25.1 Å². The molecule has 2 N–H and O–H groups in total. The Morgan fingerprint density at radius 1 is 1.29 bits per heavy atom. The van der Waals surface area contributed by atoms with E-state index in [0.29, 0.717) is 13.1 Å². The highest BCUT2D eigenvalue weighted by molar-refractivity contribution is 7.99. The number of thioether (sulfide) groups is 1. The predicted octanol–water partition coefficient (Wildman–Crippen LogP) is 2.53. The minimum atomic E-state index is -0.0147. The maximum Gasteiger partial charge on any atom is 0.222 e. The Labute approximate surface area is 147 Å². The van der Waals surface area contributed by atoms with Crippen LogP contribution in [0.4, 0.5) is 5.82 Å². The fourth-order valence-corrected chi connectivity index (χ4v) is 2.72. The van der Waals surface area contributed by atoms with Gasteiger partial charge in [0.05, 0.1) is 18.1 Å². The van der Waals surface area contributed by atoms with E-state index >= 15 is 0 Å². The summed E-state index contributed by atoms with van der Waals surface area (Å²) in [6, 6.07) is 0. The summed E-state index contributed by atoms with van der Waals surface area (Å²) in [4.78, 5) is 20.9. The summed E-state index contributed by atoms with van der Waals surface area (Å²) in [5.41, 5.74) is 0.804. The maximum absolute atomic E-state index is 11.7. The molecule has 0 spiro atoms. The zero-order chi connectivity index (χ0) is 17.5. The molecule has 2 aromatic rings. The van der Waals surface area contributed by atoms with Gasteiger partial charge < -0.3 is 10.6 Å². The van der Waals surface area contributed by atoms with Crippen molar-refractivity contribution in [2.75, 3.05) is 24.2 Å². The summed E-state index contributed by atoms with van der Waals surface area (Å²) in [5.74, 6) is 1.78. The first-order valence-electron chi connectivity index (χ1n) is 8.44. The van der Waals surface area contributed by atoms with E-state index in [2.05, 4.69) is 39.5 Å². The Morgan fingerprint density at radius 3 is 2.75 bits per heavy atom. The molecule has 0 atom stereocenters. The van der Waals surface area contributed by atoms with Crippen molar-refractivity contribution in [3.63, 3.8) is 0 Å². The molecule has 0 saturated carbocycles. The average molecular weight is 350 g/mol. The number of carbonyl (C=O) groups excluding carboxylic acids is 1. The number of hydrogen-bond donors (Lipinski definition) is 2. The number of aromatic nitrogens is 4. The molecule has 0 aromatic carbocycles. The number of hydrogen-bond acceptors (Lipinski definition) is 6. The zero-order valence-electron chi connectivity index (χ0n) is 14.8. The van der Waals surface area contributed by atoms with Gasteiger partial charge in [-0.25, -0.2) is 14.6 Å². The molecule has 8 heteroatoms. The first-order valence-corrected chi connectivity index (χ1v) is 9.43. The van der Waals surface area contributed by atoms with E-state index in [4.69, 9.17) is 0 Å². The van der Waals surface area contributed by atoms with Crippen molar-refractivity contribution in [3.05, 3.63) is 6.20 Å². The van der Waals surface area contributed by atoms with Gasteiger partial charge in [-0.1, -0.05) is 39.5 Å². The van der Waals surface area contributed by atoms with Gasteiger partial charge in [-0.2, -0.15) is 5.10 Å². The molecule has 0 bridgehead atoms. The van der Waals surface area contributed by atoms with Crippen molar-refractivity contribution >= 4 is 34.5 Å². The number of nitrogens with zero attached hydrogens (tertiary/aromatic N) is 4. The van der Waals surface area contributed by atoms with Crippen LogP contribution in [0.15, 0.2) is 11.4 Å². The SMILES string of the molecule is CCCNc1nc(SCC)nc2c1cnn2CCNC(=O)C(C)C. The van der Waals surface area contributed by atoms with Crippen LogP contribution in [0.5, 0.6) is 0 Å². The third-order valence-electron chi connectivity index (χ3n) is 3.44. The minimum absolute atomic E-state index is 0.0147. The normalized spacial score (nSPS) is 11.2. The molecule has 2 rings (SSSR count). The number of anilines is 1. The average Bonchev–Trinajstić information content (AvgIpc) is 2.96. The summed E-state index contributed by atoms with van der Waals surface area (Å²) in [6.45, 7) is 9.94. The lowest BCUT2D eigenvalue weighted by Crippen LogP contribution is -2.30. The highest BCUT2D eigenvalue weighted by Crippen LogP contribution is 2.24. The second-order valence-corrected chi connectivity index (χ2v) is 7.00. The van der Waals surface area contributed by atoms with Crippen molar-refractivity contribution < 1.29 is 4.79 Å². The van der Waals surface area contributed by atoms with Crippen LogP contribution in [-0.2, 0) is 11.3 Å². The number of nitrogens with one attached hydrogen (secondary N) is 2. The molecule has 2 heterocycles. The largest absolute Gasteiger partial charge is 0.369 e. The third kappa shape index (κ3) is 4.59. The van der Waals surface area contributed by atoms with Crippen molar-refractivity contribution in [2.45, 2.75) is 45.8 Å². The van der Waals surface area contributed by atoms with Gasteiger partial charge >= 0.3 is 0 Å². The Bertz CT molecular complexity index is 685. The Morgan fingerprint density at radius 2 is 2.08 bits per heavy atom. The van der Waals surface area contributed by atoms with Crippen LogP contribution in [0.2, 0.25) is 0 Å². The topological polar surface area (TPSA) is 84.7 Å². The van der Waals surface area contributed by atoms with Crippen LogP contribution in [0.25, 0.3) is 11.0 Å². The summed E-state index contributed by atoms with van der Waals surface area (Å²) in [6.07, 6.45) is 2.81. The fraction of sp³-hybridized carbons (Fsp3) is 0.625. The van der Waals surface area contributed by atoms with Crippen molar-refractivity contribution in [2.24, 2.45) is 5.92 Å². The van der Waals surface area contributed by atoms with E-state index in [1.165, 1.54) is 0 Å². The summed E-state index contributed by atoms with van der Waals surface area (Å²) < 4.78 is 1.83. The molecule has 132 valence electrons. The smallest absolute Gasteiger partial charge is 0.222 e. The van der Waals surface area contributed by atoms with Gasteiger partial charge in [-0.3, -0.25) is 4.79 Å². The lowest BCUT2D eigenvalue weighted by atomic mass is 10.2. The molecule has 0 aliphatic carbocycles. The van der Waals surface area contributed by atoms with Gasteiger partial charge in [0.2, 0.25) is 5.91 Å². The first kappa shape index (κ1) is 18.5. The monoisotopic (exact) mass is 350 g/mol. The summed E-state index contributed by atoms with van der Waals surface area (Å²) in [7, 11) is 0. The Kier molecular flexibility index (Phi) is 6.84. The molecule has 0 aliphatic heterocycles. The lowest BCUT2D eigenvalue weighted by Gasteiger charge is -2.10. The van der Waals surface area contributed by atoms with Crippen LogP contribution < -0.4 is 10.6 Å². The fourth-order valence-electron chi connectivity index (χ4n) is 2.16. The molecule has 1 amide bonds. The first-order chi connectivity index (χ1) is 11.6. The lowest BCUT2D eigenvalue weighted by molar-refractivity contribution is -0.124. The van der Waals surface area contributed by atoms with E-state index in [9.17, 15) is 4.79 Å². The van der Waals surface area contributed by atoms with E-state index < -0.39 is 0 Å². The van der Waals surface area contributed by atoms with Crippen LogP contribution in [0.1, 0.15) is 34.1 Å². The molecule has 2 aromatic heterocycles. The van der Waals surface area contributed by atoms with E-state index in [1.54, 1.807) is 18.0 Å². The molecule has 0 aliphatic rings. The summed E-state index contributed by atoms with van der Waals surface area (Å²) >= 11 is 1.61. The quantitative estimate of drug-likeness (QED) is 0.534. The molecule has 0 unspecified atom stereocenters. The minimum Gasteiger partial charge on any atom is -0.369 e. The third-order valence-corrected chi connectivity index (χ3v) is 4.17. The van der Waals surface area contributed by atoms with Crippen molar-refractivity contribution in [3.8, 4) is 0 Å². The van der Waals surface area contributed by atoms with Crippen LogP contribution in [0.3, 0.4) is 0 Å². The molecule has 24 heavy (non-hydrogen) atoms. The molecule has 7 nitrogen and oxygen atoms in total. The standard InChI is InChI=1S/C16H26N6OS/c1-5-7-17-13-12-10-19-22(9-8-18-15(23)11(3)4)14(12)21-16(20-13)24-6-2/h10-11H,5-9H2,1-4H3,(H,18,23)(H,17,20,21). The number of rotatable bonds is 9. The molecule has 0 saturated heterocycles. The number of amides is 1. The molecular formula is C16H26N6OS. The Hall–Kier alpha value is -1.83. The number of carbonyl (C=O) groups is 1. The van der Waals surface area contributed by atoms with E-state index in [-0.39, 0.29) is 11.8 Å². The van der Waals surface area contributed by atoms with Gasteiger partial charge in [-0.05, 0) is 12.2 Å². The van der Waals surface area contributed by atoms with Gasteiger partial charge in [0.1, 0.15) is 5.82 Å². The van der Waals surface area contributed by atoms with Gasteiger partial charge in [-0.15, -0.1) is 0 Å². The van der Waals surface area contributed by atoms with E-state index in [1.807, 2.05) is 18.5 Å². The number of fused-ring (bicyclic) bond motifs is 1. The molecular weight excluding hydrogens is 324 g/mol. The highest BCUT2D eigenvalue weighted by atomic mass is 32.2. The highest BCUT2D eigenvalue weighted by Gasteiger charge is 2.13. The van der Waals surface area contributed by atoms with Gasteiger partial charge in [0, 0.05) is 19.0 Å². The van der Waals surface area contributed by atoms with Crippen molar-refractivity contribution in [1.29, 1.82) is 0 Å². The maximum atomic E-state index is 11.7. The van der Waals surface area contributed by atoms with Crippen LogP contribution in [0, 0.1) is 5.92 Å². The molecule has 0 fully saturated rings. The van der Waals surface area contributed by atoms with Gasteiger partial charge in [0.25, 0.3) is 0 Å². The van der Waals surface area contributed by atoms with E-state index in [0.717, 1.165) is 40.7 Å². The molecule has 0 radical (unpaired) electrons. The zero-order valence-corrected chi connectivity index (χ0v) is 15.6. The summed E-state index contributed by atoms with van der Waals surface area (Å²) in [5, 5.41) is 12.3. The Balaban J connectivity index is 2.21. The second-order valence-electron chi connectivity index (χ2n) is 5.77. The predicted molar refractivity (Wildman–Crippen MR) is 98.3 cm³/mol. The second kappa shape index (κ2) is 8.86. The van der Waals surface area contributed by atoms with Crippen LogP contribution >= 0.6 is 11.8 Å². The van der Waals surface area contributed by atoms with Gasteiger partial charge in [0.15, 0.2) is 10.8 Å².